The molecule has 0 bridgehead atoms. The minimum absolute atomic E-state index is 0. The fraction of sp³-hybridized carbons (Fsp3) is 0.619. The first kappa shape index (κ1) is 26.4. The summed E-state index contributed by atoms with van der Waals surface area (Å²) in [6.45, 7) is 6.15. The summed E-state index contributed by atoms with van der Waals surface area (Å²) in [5, 5.41) is 6.49. The lowest BCUT2D eigenvalue weighted by Crippen LogP contribution is -2.42. The second-order valence-corrected chi connectivity index (χ2v) is 7.46. The molecule has 0 aliphatic carbocycles. The quantitative estimate of drug-likeness (QED) is 0.185. The molecular formula is C21H35FIN5O2. The van der Waals surface area contributed by atoms with E-state index < -0.39 is 0 Å². The first-order valence-electron chi connectivity index (χ1n) is 10.4. The van der Waals surface area contributed by atoms with Crippen LogP contribution in [-0.2, 0) is 4.79 Å². The van der Waals surface area contributed by atoms with Gasteiger partial charge in [0.1, 0.15) is 6.10 Å². The van der Waals surface area contributed by atoms with E-state index in [9.17, 15) is 9.18 Å². The highest BCUT2D eigenvalue weighted by molar-refractivity contribution is 14.0. The van der Waals surface area contributed by atoms with Crippen LogP contribution in [0.5, 0.6) is 5.75 Å². The molecule has 1 unspecified atom stereocenters. The van der Waals surface area contributed by atoms with Crippen LogP contribution in [0, 0.1) is 11.7 Å². The monoisotopic (exact) mass is 535 g/mol. The van der Waals surface area contributed by atoms with Crippen molar-refractivity contribution in [2.24, 2.45) is 16.6 Å². The van der Waals surface area contributed by atoms with E-state index >= 15 is 0 Å². The van der Waals surface area contributed by atoms with Gasteiger partial charge in [0.05, 0.1) is 6.54 Å². The van der Waals surface area contributed by atoms with Crippen LogP contribution in [0.15, 0.2) is 29.3 Å². The van der Waals surface area contributed by atoms with Crippen molar-refractivity contribution in [1.29, 1.82) is 0 Å². The Kier molecular flexibility index (Phi) is 12.7. The van der Waals surface area contributed by atoms with E-state index in [0.717, 1.165) is 51.9 Å². The van der Waals surface area contributed by atoms with Crippen molar-refractivity contribution in [3.63, 3.8) is 0 Å². The van der Waals surface area contributed by atoms with Gasteiger partial charge < -0.3 is 26.0 Å². The summed E-state index contributed by atoms with van der Waals surface area (Å²) in [7, 11) is 1.72. The van der Waals surface area contributed by atoms with E-state index in [-0.39, 0.29) is 53.5 Å². The van der Waals surface area contributed by atoms with Crippen LogP contribution in [0.25, 0.3) is 0 Å². The molecule has 1 aromatic carbocycles. The number of unbranched alkanes of at least 4 members (excludes halogenated alkanes) is 1. The zero-order valence-corrected chi connectivity index (χ0v) is 20.2. The first-order valence-corrected chi connectivity index (χ1v) is 10.4. The number of carbonyl (C=O) groups excluding carboxylic acids is 1. The lowest BCUT2D eigenvalue weighted by atomic mass is 9.96. The molecular weight excluding hydrogens is 500 g/mol. The van der Waals surface area contributed by atoms with E-state index in [4.69, 9.17) is 10.5 Å². The molecule has 2 rings (SSSR count). The highest BCUT2D eigenvalue weighted by atomic mass is 127. The molecule has 1 atom stereocenters. The number of piperidine rings is 1. The fourth-order valence-electron chi connectivity index (χ4n) is 3.37. The number of carbonyl (C=O) groups is 1. The maximum atomic E-state index is 13.6. The third-order valence-corrected chi connectivity index (χ3v) is 5.13. The van der Waals surface area contributed by atoms with Crippen molar-refractivity contribution in [2.75, 3.05) is 39.8 Å². The van der Waals surface area contributed by atoms with E-state index in [1.165, 1.54) is 6.07 Å². The molecule has 0 aromatic heterocycles. The van der Waals surface area contributed by atoms with E-state index in [1.54, 1.807) is 25.2 Å². The molecule has 170 valence electrons. The zero-order chi connectivity index (χ0) is 21.1. The largest absolute Gasteiger partial charge is 0.486 e. The number of ether oxygens (including phenoxy) is 1. The van der Waals surface area contributed by atoms with Gasteiger partial charge in [-0.1, -0.05) is 12.1 Å². The second-order valence-electron chi connectivity index (χ2n) is 7.46. The number of hydrogen-bond donors (Lipinski definition) is 3. The lowest BCUT2D eigenvalue weighted by molar-refractivity contribution is -0.123. The van der Waals surface area contributed by atoms with Crippen LogP contribution < -0.4 is 21.1 Å². The minimum atomic E-state index is -0.360. The van der Waals surface area contributed by atoms with E-state index in [0.29, 0.717) is 12.5 Å². The molecule has 7 nitrogen and oxygen atoms in total. The number of likely N-dealkylation sites (tertiary alicyclic amines) is 1. The number of nitrogens with two attached hydrogens (primary N) is 1. The van der Waals surface area contributed by atoms with Crippen molar-refractivity contribution in [2.45, 2.75) is 38.7 Å². The van der Waals surface area contributed by atoms with E-state index in [2.05, 4.69) is 20.5 Å². The SMILES string of the molecule is CN=C(NCCCCN1CCC(C(N)=O)CC1)NCC(C)Oc1ccccc1F.I. The van der Waals surface area contributed by atoms with Gasteiger partial charge in [-0.15, -0.1) is 24.0 Å². The average molecular weight is 535 g/mol. The zero-order valence-electron chi connectivity index (χ0n) is 17.9. The highest BCUT2D eigenvalue weighted by Crippen LogP contribution is 2.17. The van der Waals surface area contributed by atoms with Gasteiger partial charge in [0, 0.05) is 19.5 Å². The molecule has 1 heterocycles. The van der Waals surface area contributed by atoms with Gasteiger partial charge in [-0.2, -0.15) is 0 Å². The van der Waals surface area contributed by atoms with Crippen LogP contribution in [-0.4, -0.2) is 62.6 Å². The Morgan fingerprint density at radius 1 is 1.30 bits per heavy atom. The number of para-hydroxylation sites is 1. The average Bonchev–Trinajstić information content (AvgIpc) is 2.72. The number of halogens is 2. The maximum absolute atomic E-state index is 13.6. The van der Waals surface area contributed by atoms with Crippen LogP contribution in [0.3, 0.4) is 0 Å². The number of hydrogen-bond acceptors (Lipinski definition) is 4. The van der Waals surface area contributed by atoms with Crippen LogP contribution in [0.1, 0.15) is 32.6 Å². The summed E-state index contributed by atoms with van der Waals surface area (Å²) in [6.07, 6.45) is 3.65. The second kappa shape index (κ2) is 14.4. The number of nitrogens with zero attached hydrogens (tertiary/aromatic N) is 2. The maximum Gasteiger partial charge on any atom is 0.220 e. The molecule has 1 aromatic rings. The molecule has 0 radical (unpaired) electrons. The van der Waals surface area contributed by atoms with Crippen molar-refractivity contribution >= 4 is 35.8 Å². The Morgan fingerprint density at radius 2 is 2.00 bits per heavy atom. The summed E-state index contributed by atoms with van der Waals surface area (Å²) >= 11 is 0. The van der Waals surface area contributed by atoms with Gasteiger partial charge in [-0.25, -0.2) is 4.39 Å². The molecule has 1 aliphatic rings. The molecule has 1 amide bonds. The van der Waals surface area contributed by atoms with Gasteiger partial charge in [0.2, 0.25) is 5.91 Å². The predicted octanol–water partition coefficient (Wildman–Crippen LogP) is 2.35. The van der Waals surface area contributed by atoms with Crippen molar-refractivity contribution < 1.29 is 13.9 Å². The Labute approximate surface area is 196 Å². The van der Waals surface area contributed by atoms with Crippen molar-refractivity contribution in [1.82, 2.24) is 15.5 Å². The third kappa shape index (κ3) is 9.46. The van der Waals surface area contributed by atoms with Gasteiger partial charge in [-0.05, 0) is 64.4 Å². The Bertz CT molecular complexity index is 669. The van der Waals surface area contributed by atoms with Crippen molar-refractivity contribution in [3.8, 4) is 5.75 Å². The predicted molar refractivity (Wildman–Crippen MR) is 129 cm³/mol. The molecule has 1 fully saturated rings. The molecule has 9 heteroatoms. The van der Waals surface area contributed by atoms with Gasteiger partial charge in [-0.3, -0.25) is 9.79 Å². The number of benzene rings is 1. The summed E-state index contributed by atoms with van der Waals surface area (Å²) in [6, 6.07) is 6.39. The molecule has 4 N–H and O–H groups in total. The summed E-state index contributed by atoms with van der Waals surface area (Å²) in [5.74, 6) is 0.481. The number of primary amides is 1. The number of aliphatic imine (C=N–C) groups is 1. The standard InChI is InChI=1S/C21H34FN5O2.HI/c1-16(29-19-8-4-3-7-18(19)22)15-26-21(24-2)25-11-5-6-12-27-13-9-17(10-14-27)20(23)28;/h3-4,7-8,16-17H,5-6,9-15H2,1-2H3,(H2,23,28)(H2,24,25,26);1H. The van der Waals surface area contributed by atoms with Crippen LogP contribution in [0.2, 0.25) is 0 Å². The summed E-state index contributed by atoms with van der Waals surface area (Å²) in [4.78, 5) is 17.8. The molecule has 30 heavy (non-hydrogen) atoms. The topological polar surface area (TPSA) is 92.0 Å². The minimum Gasteiger partial charge on any atom is -0.486 e. The van der Waals surface area contributed by atoms with Crippen LogP contribution in [0.4, 0.5) is 4.39 Å². The summed E-state index contributed by atoms with van der Waals surface area (Å²) in [5.41, 5.74) is 5.37. The van der Waals surface area contributed by atoms with Gasteiger partial charge in [0.15, 0.2) is 17.5 Å². The summed E-state index contributed by atoms with van der Waals surface area (Å²) < 4.78 is 19.3. The first-order chi connectivity index (χ1) is 14.0. The number of rotatable bonds is 10. The van der Waals surface area contributed by atoms with Crippen LogP contribution >= 0.6 is 24.0 Å². The Balaban J connectivity index is 0.00000450. The molecule has 0 spiro atoms. The highest BCUT2D eigenvalue weighted by Gasteiger charge is 2.22. The Hall–Kier alpha value is -1.62. The van der Waals surface area contributed by atoms with Gasteiger partial charge >= 0.3 is 0 Å². The number of amides is 1. The third-order valence-electron chi connectivity index (χ3n) is 5.13. The van der Waals surface area contributed by atoms with Crippen molar-refractivity contribution in [3.05, 3.63) is 30.1 Å². The number of nitrogens with one attached hydrogen (secondary N) is 2. The van der Waals surface area contributed by atoms with Gasteiger partial charge in [0.25, 0.3) is 0 Å². The lowest BCUT2D eigenvalue weighted by Gasteiger charge is -2.30. The number of guanidine groups is 1. The molecule has 1 saturated heterocycles. The smallest absolute Gasteiger partial charge is 0.220 e. The normalized spacial score (nSPS) is 16.4. The van der Waals surface area contributed by atoms with E-state index in [1.807, 2.05) is 6.92 Å². The Morgan fingerprint density at radius 3 is 2.63 bits per heavy atom. The molecule has 0 saturated carbocycles. The fourth-order valence-corrected chi connectivity index (χ4v) is 3.37. The molecule has 1 aliphatic heterocycles.